The lowest BCUT2D eigenvalue weighted by atomic mass is 9.33. The minimum Gasteiger partial charge on any atom is -0.440 e. The lowest BCUT2D eigenvalue weighted by Crippen LogP contribution is -2.61. The van der Waals surface area contributed by atoms with Crippen LogP contribution < -0.4 is 31.1 Å². The number of fused-ring (bicyclic) bond motifs is 6. The Balaban J connectivity index is 1.60. The van der Waals surface area contributed by atoms with Gasteiger partial charge < -0.3 is 14.2 Å². The summed E-state index contributed by atoms with van der Waals surface area (Å²) in [6.07, 6.45) is 0. The summed E-state index contributed by atoms with van der Waals surface area (Å²) < 4.78 is 217. The molecule has 4 nitrogen and oxygen atoms in total. The number of anilines is 9. The van der Waals surface area contributed by atoms with E-state index in [2.05, 4.69) is 0 Å². The minimum absolute atomic E-state index is 0.00257. The Hall–Kier alpha value is -6.46. The van der Waals surface area contributed by atoms with Crippen molar-refractivity contribution in [2.24, 2.45) is 0 Å². The summed E-state index contributed by atoms with van der Waals surface area (Å²) >= 11 is 0. The quantitative estimate of drug-likeness (QED) is 0.160. The van der Waals surface area contributed by atoms with Crippen molar-refractivity contribution in [1.82, 2.24) is 0 Å². The average molecular weight is 985 g/mol. The first-order valence-corrected chi connectivity index (χ1v) is 25.0. The van der Waals surface area contributed by atoms with Crippen LogP contribution in [0.2, 0.25) is 0 Å². The predicted octanol–water partition coefficient (Wildman–Crippen LogP) is 17.8. The molecular weight excluding hydrogens is 886 g/mol. The van der Waals surface area contributed by atoms with Crippen molar-refractivity contribution in [3.8, 4) is 0 Å². The van der Waals surface area contributed by atoms with E-state index in [0.29, 0.717) is 5.56 Å². The number of benzene rings is 7. The van der Waals surface area contributed by atoms with Crippen molar-refractivity contribution in [2.75, 3.05) is 14.7 Å². The van der Waals surface area contributed by atoms with Gasteiger partial charge in [-0.1, -0.05) is 191 Å². The Bertz CT molecular complexity index is 4470. The zero-order chi connectivity index (χ0) is 70.8. The van der Waals surface area contributed by atoms with E-state index in [9.17, 15) is 28.8 Å². The van der Waals surface area contributed by atoms with Crippen molar-refractivity contribution in [3.63, 3.8) is 0 Å². The summed E-state index contributed by atoms with van der Waals surface area (Å²) in [5.41, 5.74) is -9.06. The van der Waals surface area contributed by atoms with E-state index in [1.165, 1.54) is 28.0 Å². The van der Waals surface area contributed by atoms with Crippen molar-refractivity contribution in [2.45, 2.75) is 157 Å². The van der Waals surface area contributed by atoms with Crippen LogP contribution in [0.1, 0.15) is 187 Å². The van der Waals surface area contributed by atoms with E-state index >= 15 is 0 Å². The Morgan fingerprint density at radius 2 is 0.795 bits per heavy atom. The molecule has 0 bridgehead atoms. The van der Waals surface area contributed by atoms with Crippen LogP contribution in [-0.4, -0.2) is 6.71 Å². The van der Waals surface area contributed by atoms with E-state index in [1.54, 1.807) is 104 Å². The third kappa shape index (κ3) is 8.99. The summed E-state index contributed by atoms with van der Waals surface area (Å²) in [6.45, 7) is 29.9. The number of rotatable bonds is 5. The molecule has 2 aliphatic heterocycles. The molecule has 0 fully saturated rings. The summed E-state index contributed by atoms with van der Waals surface area (Å²) in [6, 6.07) is -6.97. The number of nitrogens with zero attached hydrogens (tertiary/aromatic N) is 3. The van der Waals surface area contributed by atoms with Gasteiger partial charge in [0, 0.05) is 50.7 Å². The highest BCUT2D eigenvalue weighted by atomic mass is 16.4. The van der Waals surface area contributed by atoms with Gasteiger partial charge in [-0.05, 0) is 155 Å². The largest absolute Gasteiger partial charge is 0.440 e. The zero-order valence-electron chi connectivity index (χ0n) is 66.6. The number of hydrogen-bond donors (Lipinski definition) is 0. The number of furan rings is 1. The van der Waals surface area contributed by atoms with Gasteiger partial charge in [0.2, 0.25) is 5.88 Å². The van der Waals surface area contributed by atoms with Crippen molar-refractivity contribution < 1.29 is 33.2 Å². The molecule has 0 amide bonds. The van der Waals surface area contributed by atoms with Crippen molar-refractivity contribution in [3.05, 3.63) is 178 Å². The average Bonchev–Trinajstić information content (AvgIpc) is 1.21. The maximum absolute atomic E-state index is 10.6. The lowest BCUT2D eigenvalue weighted by Gasteiger charge is -2.44. The molecule has 8 aromatic rings. The van der Waals surface area contributed by atoms with Crippen LogP contribution in [0.4, 0.5) is 51.4 Å². The molecule has 10 rings (SSSR count). The first-order chi connectivity index (χ1) is 42.8. The molecule has 0 radical (unpaired) electrons. The molecule has 0 N–H and O–H groups in total. The van der Waals surface area contributed by atoms with Gasteiger partial charge in [0.25, 0.3) is 6.71 Å². The summed E-state index contributed by atoms with van der Waals surface area (Å²) in [7, 11) is 0. The molecule has 7 aromatic carbocycles. The van der Waals surface area contributed by atoms with E-state index in [-0.39, 0.29) is 102 Å². The highest BCUT2D eigenvalue weighted by Gasteiger charge is 2.47. The van der Waals surface area contributed by atoms with Crippen LogP contribution in [0.3, 0.4) is 0 Å². The molecule has 73 heavy (non-hydrogen) atoms. The van der Waals surface area contributed by atoms with Gasteiger partial charge in [-0.25, -0.2) is 0 Å². The maximum Gasteiger partial charge on any atom is 0.257 e. The van der Waals surface area contributed by atoms with Crippen LogP contribution in [-0.2, 0) is 32.5 Å². The van der Waals surface area contributed by atoms with Crippen molar-refractivity contribution in [1.29, 1.82) is 0 Å². The Kier molecular flexibility index (Phi) is 7.16. The molecular formula is C68H78BN3O. The monoisotopic (exact) mass is 985 g/mol. The molecule has 2 aliphatic rings. The molecule has 374 valence electrons. The summed E-state index contributed by atoms with van der Waals surface area (Å²) in [5.74, 6) is -0.312. The minimum atomic E-state index is -1.51. The zero-order valence-corrected chi connectivity index (χ0v) is 45.6. The highest BCUT2D eigenvalue weighted by Crippen LogP contribution is 2.50. The standard InChI is InChI=1S/C68H78BN3O/c1-63(2,3)43-19-29-49(30-20-43)70(50-31-21-44(22-32-50)64(4,5)6)53-41-57-61-58(42-53)72(52-35-25-46(26-36-52)66(10,11)12)62-60(54-39-47(67(13,14)15)28-38-59(54)73-62)69(61)55-40-48(68(16,17)18)27-37-56(55)71(57)51-33-23-45(24-34-51)65(7,8)9/h19-42H,1-18H3/i19D,20D,21D,22D,23D,24D,25D,26D,27D,29D,30D,31D,32D,33D,34D,35D,36D,37D,38D,39D,40D. The van der Waals surface area contributed by atoms with E-state index in [4.69, 9.17) is 4.42 Å². The molecule has 0 saturated heterocycles. The van der Waals surface area contributed by atoms with Crippen LogP contribution in [0.25, 0.3) is 11.0 Å². The van der Waals surface area contributed by atoms with Crippen molar-refractivity contribution >= 4 is 85.5 Å². The summed E-state index contributed by atoms with van der Waals surface area (Å²) in [4.78, 5) is 3.48. The van der Waals surface area contributed by atoms with Gasteiger partial charge in [0.05, 0.1) is 34.5 Å². The predicted molar refractivity (Wildman–Crippen MR) is 317 cm³/mol. The Morgan fingerprint density at radius 1 is 0.397 bits per heavy atom. The molecule has 0 unspecified atom stereocenters. The molecule has 1 aromatic heterocycles. The van der Waals surface area contributed by atoms with Gasteiger partial charge in [-0.15, -0.1) is 0 Å². The first-order valence-electron chi connectivity index (χ1n) is 35.5. The van der Waals surface area contributed by atoms with Crippen LogP contribution >= 0.6 is 0 Å². The van der Waals surface area contributed by atoms with Crippen LogP contribution in [0.15, 0.2) is 150 Å². The SMILES string of the molecule is [2H]c1c([2H])c(C(C)(C)C)c([2H])c([2H])c1N1c2cc(N(c3c([2H])c([2H])c(C(C)(C)C)c([2H])c3[2H])c3c([2H])c([2H])c(C(C)(C)C)c([2H])c3[2H])cc3c2B(c2c([2H])c(C(C)(C)C)c([2H])c([2H])c2N3c2c([2H])c([2H])c(C(C)(C)C)c([2H])c2[2H])c2c1oc1c([2H])cc(C(C)(C)C)c([2H])c21. The fourth-order valence-electron chi connectivity index (χ4n) is 9.04. The van der Waals surface area contributed by atoms with Gasteiger partial charge in [-0.2, -0.15) is 0 Å². The molecule has 0 saturated carbocycles. The molecule has 0 atom stereocenters. The van der Waals surface area contributed by atoms with Gasteiger partial charge in [-0.3, -0.25) is 4.90 Å². The topological polar surface area (TPSA) is 22.9 Å². The fourth-order valence-corrected chi connectivity index (χ4v) is 9.04. The van der Waals surface area contributed by atoms with Gasteiger partial charge >= 0.3 is 0 Å². The molecule has 5 heteroatoms. The maximum atomic E-state index is 10.6. The van der Waals surface area contributed by atoms with Gasteiger partial charge in [0.1, 0.15) is 5.58 Å². The van der Waals surface area contributed by atoms with Crippen LogP contribution in [0, 0.1) is 0 Å². The number of hydrogen-bond acceptors (Lipinski definition) is 4. The molecule has 0 aliphatic carbocycles. The first kappa shape index (κ1) is 30.7. The Morgan fingerprint density at radius 3 is 1.23 bits per heavy atom. The molecule has 3 heterocycles. The Labute approximate surface area is 468 Å². The van der Waals surface area contributed by atoms with E-state index < -0.39 is 171 Å². The second kappa shape index (κ2) is 17.1. The normalized spacial score (nSPS) is 18.1. The lowest BCUT2D eigenvalue weighted by molar-refractivity contribution is 0.589. The van der Waals surface area contributed by atoms with E-state index in [0.717, 1.165) is 4.90 Å². The van der Waals surface area contributed by atoms with E-state index in [1.807, 2.05) is 20.8 Å². The third-order valence-corrected chi connectivity index (χ3v) is 13.4. The van der Waals surface area contributed by atoms with Gasteiger partial charge in [0.15, 0.2) is 0 Å². The molecule has 0 spiro atoms. The highest BCUT2D eigenvalue weighted by molar-refractivity contribution is 7.01. The fraction of sp³-hybridized carbons (Fsp3) is 0.353. The smallest absolute Gasteiger partial charge is 0.257 e. The summed E-state index contributed by atoms with van der Waals surface area (Å²) in [5, 5.41) is 0.00725. The third-order valence-electron chi connectivity index (χ3n) is 13.4. The second-order valence-electron chi connectivity index (χ2n) is 25.6. The van der Waals surface area contributed by atoms with Crippen LogP contribution in [0.5, 0.6) is 0 Å². The second-order valence-corrected chi connectivity index (χ2v) is 25.6.